The van der Waals surface area contributed by atoms with Crippen LogP contribution in [-0.2, 0) is 16.1 Å². The highest BCUT2D eigenvalue weighted by molar-refractivity contribution is 7.10. The Kier molecular flexibility index (Phi) is 6.70. The number of carbonyl (C=O) groups excluding carboxylic acids is 2. The third-order valence-electron chi connectivity index (χ3n) is 5.37. The SMILES string of the molecule is CCCOc1ccc(/C(O)=C2\C(=O)C(=O)N(CCC[n+]3cc[nH]c3)C2c2cccs2)cc1. The number of ether oxygens (including phenoxy) is 1. The summed E-state index contributed by atoms with van der Waals surface area (Å²) in [5.41, 5.74) is 0.616. The molecule has 8 heteroatoms. The van der Waals surface area contributed by atoms with Crippen LogP contribution >= 0.6 is 11.3 Å². The number of Topliss-reactive ketones (excluding diaryl/α,β-unsaturated/α-hetero) is 1. The zero-order chi connectivity index (χ0) is 22.5. The van der Waals surface area contributed by atoms with Crippen molar-refractivity contribution >= 4 is 28.8 Å². The van der Waals surface area contributed by atoms with Gasteiger partial charge in [-0.15, -0.1) is 11.3 Å². The second-order valence-electron chi connectivity index (χ2n) is 7.58. The van der Waals surface area contributed by atoms with Crippen molar-refractivity contribution in [1.82, 2.24) is 9.88 Å². The van der Waals surface area contributed by atoms with E-state index in [0.29, 0.717) is 37.4 Å². The number of thiophene rings is 1. The molecule has 7 nitrogen and oxygen atoms in total. The minimum atomic E-state index is -0.651. The molecular formula is C24H26N3O4S+. The lowest BCUT2D eigenvalue weighted by atomic mass is 10.00. The topological polar surface area (TPSA) is 86.5 Å². The molecule has 32 heavy (non-hydrogen) atoms. The quantitative estimate of drug-likeness (QED) is 0.225. The van der Waals surface area contributed by atoms with Gasteiger partial charge in [-0.2, -0.15) is 0 Å². The van der Waals surface area contributed by atoms with E-state index in [4.69, 9.17) is 4.74 Å². The Hall–Kier alpha value is -3.39. The minimum absolute atomic E-state index is 0.133. The van der Waals surface area contributed by atoms with Gasteiger partial charge in [-0.05, 0) is 42.1 Å². The third-order valence-corrected chi connectivity index (χ3v) is 6.30. The number of aromatic amines is 1. The van der Waals surface area contributed by atoms with E-state index in [1.807, 2.05) is 47.7 Å². The molecule has 4 rings (SSSR count). The molecule has 3 heterocycles. The molecule has 1 aliphatic rings. The first-order chi connectivity index (χ1) is 15.6. The second kappa shape index (κ2) is 9.82. The van der Waals surface area contributed by atoms with E-state index < -0.39 is 17.7 Å². The Bertz CT molecular complexity index is 1090. The summed E-state index contributed by atoms with van der Waals surface area (Å²) in [6.07, 6.45) is 7.17. The van der Waals surface area contributed by atoms with E-state index in [1.165, 1.54) is 11.3 Å². The Morgan fingerprint density at radius 1 is 1.25 bits per heavy atom. The molecule has 1 aromatic carbocycles. The lowest BCUT2D eigenvalue weighted by Crippen LogP contribution is -2.35. The lowest BCUT2D eigenvalue weighted by molar-refractivity contribution is -0.695. The van der Waals surface area contributed by atoms with Crippen molar-refractivity contribution < 1.29 is 24.0 Å². The van der Waals surface area contributed by atoms with Crippen molar-refractivity contribution in [3.63, 3.8) is 0 Å². The van der Waals surface area contributed by atoms with Crippen LogP contribution in [0.4, 0.5) is 0 Å². The molecule has 1 saturated heterocycles. The van der Waals surface area contributed by atoms with E-state index in [2.05, 4.69) is 4.98 Å². The molecule has 1 aliphatic heterocycles. The average Bonchev–Trinajstić information content (AvgIpc) is 3.56. The van der Waals surface area contributed by atoms with Crippen LogP contribution < -0.4 is 9.30 Å². The summed E-state index contributed by atoms with van der Waals surface area (Å²) in [5, 5.41) is 13.0. The highest BCUT2D eigenvalue weighted by atomic mass is 32.1. The molecule has 166 valence electrons. The van der Waals surface area contributed by atoms with Crippen molar-refractivity contribution in [2.45, 2.75) is 32.4 Å². The Morgan fingerprint density at radius 3 is 2.72 bits per heavy atom. The van der Waals surface area contributed by atoms with Crippen LogP contribution in [0.3, 0.4) is 0 Å². The summed E-state index contributed by atoms with van der Waals surface area (Å²) < 4.78 is 7.58. The van der Waals surface area contributed by atoms with E-state index in [1.54, 1.807) is 29.2 Å². The number of nitrogens with zero attached hydrogens (tertiary/aromatic N) is 2. The maximum atomic E-state index is 13.0. The number of likely N-dealkylation sites (tertiary alicyclic amines) is 1. The van der Waals surface area contributed by atoms with Gasteiger partial charge >= 0.3 is 0 Å². The highest BCUT2D eigenvalue weighted by Gasteiger charge is 2.46. The molecule has 2 N–H and O–H groups in total. The summed E-state index contributed by atoms with van der Waals surface area (Å²) in [5.74, 6) is -0.694. The number of carbonyl (C=O) groups is 2. The van der Waals surface area contributed by atoms with Gasteiger partial charge in [-0.1, -0.05) is 13.0 Å². The second-order valence-corrected chi connectivity index (χ2v) is 8.56. The Balaban J connectivity index is 1.63. The lowest BCUT2D eigenvalue weighted by Gasteiger charge is -2.23. The van der Waals surface area contributed by atoms with Gasteiger partial charge in [0, 0.05) is 23.4 Å². The van der Waals surface area contributed by atoms with Crippen LogP contribution in [0.5, 0.6) is 5.75 Å². The Labute approximate surface area is 190 Å². The summed E-state index contributed by atoms with van der Waals surface area (Å²) in [4.78, 5) is 31.3. The van der Waals surface area contributed by atoms with E-state index in [0.717, 1.165) is 11.3 Å². The van der Waals surface area contributed by atoms with Gasteiger partial charge in [0.25, 0.3) is 11.7 Å². The third kappa shape index (κ3) is 4.45. The summed E-state index contributed by atoms with van der Waals surface area (Å²) in [6, 6.07) is 10.1. The van der Waals surface area contributed by atoms with Crippen molar-refractivity contribution in [2.75, 3.05) is 13.2 Å². The molecule has 0 spiro atoms. The normalized spacial score (nSPS) is 17.8. The van der Waals surface area contributed by atoms with Crippen LogP contribution in [-0.4, -0.2) is 39.8 Å². The Morgan fingerprint density at radius 2 is 2.06 bits per heavy atom. The summed E-state index contributed by atoms with van der Waals surface area (Å²) in [7, 11) is 0. The van der Waals surface area contributed by atoms with Gasteiger partial charge in [0.2, 0.25) is 6.33 Å². The fourth-order valence-corrected chi connectivity index (χ4v) is 4.67. The van der Waals surface area contributed by atoms with E-state index in [-0.39, 0.29) is 11.3 Å². The van der Waals surface area contributed by atoms with Crippen molar-refractivity contribution in [1.29, 1.82) is 0 Å². The number of aryl methyl sites for hydroxylation is 1. The van der Waals surface area contributed by atoms with Crippen LogP contribution in [0.25, 0.3) is 5.76 Å². The zero-order valence-electron chi connectivity index (χ0n) is 17.9. The van der Waals surface area contributed by atoms with Gasteiger partial charge in [0.15, 0.2) is 0 Å². The molecular weight excluding hydrogens is 426 g/mol. The number of ketones is 1. The standard InChI is InChI=1S/C24H25N3O4S/c1-2-14-31-18-8-6-17(7-9-18)22(28)20-21(19-5-3-15-32-19)27(24(30)23(20)29)12-4-11-26-13-10-25-16-26/h3,5-10,13,15-16,21H,2,4,11-12,14H2,1H3,(H,28,29)/p+1. The molecule has 0 radical (unpaired) electrons. The molecule has 2 aromatic heterocycles. The smallest absolute Gasteiger partial charge is 0.295 e. The van der Waals surface area contributed by atoms with Crippen LogP contribution in [0, 0.1) is 0 Å². The van der Waals surface area contributed by atoms with Crippen molar-refractivity contribution in [3.8, 4) is 5.75 Å². The van der Waals surface area contributed by atoms with Crippen molar-refractivity contribution in [2.24, 2.45) is 0 Å². The number of imidazole rings is 1. The molecule has 1 atom stereocenters. The number of hydrogen-bond acceptors (Lipinski definition) is 5. The van der Waals surface area contributed by atoms with Crippen LogP contribution in [0.2, 0.25) is 0 Å². The monoisotopic (exact) mass is 452 g/mol. The van der Waals surface area contributed by atoms with Crippen LogP contribution in [0.1, 0.15) is 36.2 Å². The van der Waals surface area contributed by atoms with Gasteiger partial charge < -0.3 is 14.7 Å². The number of rotatable bonds is 9. The molecule has 0 saturated carbocycles. The largest absolute Gasteiger partial charge is 0.507 e. The average molecular weight is 453 g/mol. The number of aromatic nitrogens is 2. The molecule has 0 aliphatic carbocycles. The fourth-order valence-electron chi connectivity index (χ4n) is 3.82. The number of amides is 1. The molecule has 1 amide bonds. The molecule has 1 unspecified atom stereocenters. The number of benzene rings is 1. The van der Waals surface area contributed by atoms with Gasteiger partial charge in [0.05, 0.1) is 24.8 Å². The molecule has 3 aromatic rings. The van der Waals surface area contributed by atoms with Crippen LogP contribution in [0.15, 0.2) is 66.1 Å². The van der Waals surface area contributed by atoms with Gasteiger partial charge in [-0.3, -0.25) is 14.6 Å². The summed E-state index contributed by atoms with van der Waals surface area (Å²) >= 11 is 1.47. The van der Waals surface area contributed by atoms with Gasteiger partial charge in [0.1, 0.15) is 23.9 Å². The first kappa shape index (κ1) is 21.8. The first-order valence-electron chi connectivity index (χ1n) is 10.7. The zero-order valence-corrected chi connectivity index (χ0v) is 18.7. The van der Waals surface area contributed by atoms with E-state index in [9.17, 15) is 14.7 Å². The highest BCUT2D eigenvalue weighted by Crippen LogP contribution is 2.41. The van der Waals surface area contributed by atoms with Gasteiger partial charge in [-0.25, -0.2) is 4.57 Å². The predicted octanol–water partition coefficient (Wildman–Crippen LogP) is 3.66. The number of aliphatic hydroxyl groups is 1. The summed E-state index contributed by atoms with van der Waals surface area (Å²) in [6.45, 7) is 3.76. The predicted molar refractivity (Wildman–Crippen MR) is 121 cm³/mol. The number of hydrogen-bond donors (Lipinski definition) is 2. The first-order valence-corrected chi connectivity index (χ1v) is 11.5. The minimum Gasteiger partial charge on any atom is -0.507 e. The molecule has 0 bridgehead atoms. The maximum Gasteiger partial charge on any atom is 0.295 e. The molecule has 1 fully saturated rings. The maximum absolute atomic E-state index is 13.0. The number of H-pyrrole nitrogens is 1. The van der Waals surface area contributed by atoms with E-state index >= 15 is 0 Å². The number of nitrogens with one attached hydrogen (secondary N) is 1. The van der Waals surface area contributed by atoms with Crippen molar-refractivity contribution in [3.05, 3.63) is 76.5 Å². The fraction of sp³-hybridized carbons (Fsp3) is 0.292. The number of aliphatic hydroxyl groups excluding tert-OH is 1.